The standard InChI is InChI=1S/C13H19Cl2N3/c1-7(2)6-9-12(17-18-13(9)16)8-4-3-5-10(14)11(8)15/h3-5,7,9,12-13,17-18H,6,16H2,1-2H3. The third kappa shape index (κ3) is 2.81. The molecule has 1 saturated heterocycles. The van der Waals surface area contributed by atoms with Gasteiger partial charge in [0.2, 0.25) is 0 Å². The molecule has 0 aliphatic carbocycles. The van der Waals surface area contributed by atoms with Gasteiger partial charge in [-0.3, -0.25) is 0 Å². The van der Waals surface area contributed by atoms with Crippen molar-refractivity contribution < 1.29 is 0 Å². The molecular formula is C13H19Cl2N3. The topological polar surface area (TPSA) is 50.1 Å². The van der Waals surface area contributed by atoms with Crippen LogP contribution in [0.2, 0.25) is 10.0 Å². The fraction of sp³-hybridized carbons (Fsp3) is 0.538. The van der Waals surface area contributed by atoms with Gasteiger partial charge in [0.1, 0.15) is 0 Å². The Kier molecular flexibility index (Phi) is 4.51. The predicted octanol–water partition coefficient (Wildman–Crippen LogP) is 3.09. The van der Waals surface area contributed by atoms with Gasteiger partial charge in [-0.2, -0.15) is 0 Å². The molecule has 0 radical (unpaired) electrons. The molecule has 18 heavy (non-hydrogen) atoms. The SMILES string of the molecule is CC(C)CC1C(N)NNC1c1cccc(Cl)c1Cl. The molecule has 1 fully saturated rings. The van der Waals surface area contributed by atoms with Crippen LogP contribution in [0.25, 0.3) is 0 Å². The van der Waals surface area contributed by atoms with E-state index in [0.717, 1.165) is 12.0 Å². The summed E-state index contributed by atoms with van der Waals surface area (Å²) in [6.45, 7) is 4.39. The second-order valence-electron chi connectivity index (χ2n) is 5.23. The van der Waals surface area contributed by atoms with E-state index >= 15 is 0 Å². The molecule has 100 valence electrons. The van der Waals surface area contributed by atoms with Crippen molar-refractivity contribution in [1.29, 1.82) is 0 Å². The van der Waals surface area contributed by atoms with Gasteiger partial charge in [-0.25, -0.2) is 10.9 Å². The van der Waals surface area contributed by atoms with E-state index in [4.69, 9.17) is 28.9 Å². The van der Waals surface area contributed by atoms with Crippen molar-refractivity contribution in [3.63, 3.8) is 0 Å². The molecule has 1 aliphatic rings. The first-order chi connectivity index (χ1) is 8.50. The smallest absolute Gasteiger partial charge is 0.0726 e. The lowest BCUT2D eigenvalue weighted by Gasteiger charge is -2.23. The number of nitrogens with two attached hydrogens (primary N) is 1. The van der Waals surface area contributed by atoms with Gasteiger partial charge in [0, 0.05) is 5.92 Å². The molecule has 0 aromatic heterocycles. The van der Waals surface area contributed by atoms with Gasteiger partial charge in [0.15, 0.2) is 0 Å². The molecule has 1 aromatic rings. The van der Waals surface area contributed by atoms with Crippen LogP contribution >= 0.6 is 23.2 Å². The summed E-state index contributed by atoms with van der Waals surface area (Å²) < 4.78 is 0. The Bertz CT molecular complexity index is 423. The zero-order valence-electron chi connectivity index (χ0n) is 10.6. The molecule has 0 saturated carbocycles. The van der Waals surface area contributed by atoms with Crippen LogP contribution in [0.1, 0.15) is 31.9 Å². The summed E-state index contributed by atoms with van der Waals surface area (Å²) in [6, 6.07) is 5.82. The van der Waals surface area contributed by atoms with Crippen LogP contribution in [-0.4, -0.2) is 6.17 Å². The maximum absolute atomic E-state index is 6.28. The van der Waals surface area contributed by atoms with E-state index in [2.05, 4.69) is 24.7 Å². The van der Waals surface area contributed by atoms with Crippen molar-refractivity contribution in [3.8, 4) is 0 Å². The average Bonchev–Trinajstić information content (AvgIpc) is 2.64. The molecule has 3 nitrogen and oxygen atoms in total. The van der Waals surface area contributed by atoms with Crippen molar-refractivity contribution in [2.24, 2.45) is 17.6 Å². The molecule has 1 aromatic carbocycles. The molecule has 3 atom stereocenters. The Morgan fingerprint density at radius 2 is 2.00 bits per heavy atom. The average molecular weight is 288 g/mol. The Balaban J connectivity index is 2.28. The molecule has 0 bridgehead atoms. The summed E-state index contributed by atoms with van der Waals surface area (Å²) in [4.78, 5) is 0. The Hall–Kier alpha value is -0.320. The van der Waals surface area contributed by atoms with Crippen LogP contribution in [0.5, 0.6) is 0 Å². The van der Waals surface area contributed by atoms with Crippen LogP contribution in [0.4, 0.5) is 0 Å². The largest absolute Gasteiger partial charge is 0.315 e. The second-order valence-corrected chi connectivity index (χ2v) is 6.01. The normalized spacial score (nSPS) is 28.0. The maximum Gasteiger partial charge on any atom is 0.0726 e. The number of nitrogens with one attached hydrogen (secondary N) is 2. The highest BCUT2D eigenvalue weighted by Crippen LogP contribution is 2.37. The first-order valence-corrected chi connectivity index (χ1v) is 6.97. The summed E-state index contributed by atoms with van der Waals surface area (Å²) in [6.07, 6.45) is 0.974. The summed E-state index contributed by atoms with van der Waals surface area (Å²) in [5.74, 6) is 0.893. The minimum absolute atomic E-state index is 0.0625. The Morgan fingerprint density at radius 1 is 1.28 bits per heavy atom. The third-order valence-corrected chi connectivity index (χ3v) is 4.19. The van der Waals surface area contributed by atoms with E-state index in [0.29, 0.717) is 21.9 Å². The molecule has 2 rings (SSSR count). The maximum atomic E-state index is 6.28. The van der Waals surface area contributed by atoms with Crippen LogP contribution < -0.4 is 16.6 Å². The highest BCUT2D eigenvalue weighted by Gasteiger charge is 2.35. The van der Waals surface area contributed by atoms with Gasteiger partial charge in [0.05, 0.1) is 22.3 Å². The van der Waals surface area contributed by atoms with E-state index < -0.39 is 0 Å². The summed E-state index contributed by atoms with van der Waals surface area (Å²) >= 11 is 12.4. The molecule has 4 N–H and O–H groups in total. The second kappa shape index (κ2) is 5.76. The molecule has 5 heteroatoms. The lowest BCUT2D eigenvalue weighted by Crippen LogP contribution is -2.39. The van der Waals surface area contributed by atoms with E-state index in [-0.39, 0.29) is 12.2 Å². The molecule has 3 unspecified atom stereocenters. The van der Waals surface area contributed by atoms with E-state index in [1.807, 2.05) is 12.1 Å². The molecular weight excluding hydrogens is 269 g/mol. The highest BCUT2D eigenvalue weighted by molar-refractivity contribution is 6.42. The van der Waals surface area contributed by atoms with Gasteiger partial charge in [-0.1, -0.05) is 49.2 Å². The van der Waals surface area contributed by atoms with Crippen molar-refractivity contribution in [2.45, 2.75) is 32.5 Å². The van der Waals surface area contributed by atoms with Gasteiger partial charge in [-0.15, -0.1) is 0 Å². The summed E-state index contributed by atoms with van der Waals surface area (Å²) in [5.41, 5.74) is 13.4. The van der Waals surface area contributed by atoms with Crippen molar-refractivity contribution in [1.82, 2.24) is 10.9 Å². The number of hydrogen-bond acceptors (Lipinski definition) is 3. The van der Waals surface area contributed by atoms with Crippen molar-refractivity contribution in [3.05, 3.63) is 33.8 Å². The molecule has 1 heterocycles. The number of hydrogen-bond donors (Lipinski definition) is 3. The number of halogens is 2. The highest BCUT2D eigenvalue weighted by atomic mass is 35.5. The van der Waals surface area contributed by atoms with Gasteiger partial charge >= 0.3 is 0 Å². The fourth-order valence-electron chi connectivity index (χ4n) is 2.50. The predicted molar refractivity (Wildman–Crippen MR) is 76.4 cm³/mol. The van der Waals surface area contributed by atoms with Crippen molar-refractivity contribution in [2.75, 3.05) is 0 Å². The van der Waals surface area contributed by atoms with E-state index in [1.165, 1.54) is 0 Å². The molecule has 1 aliphatic heterocycles. The lowest BCUT2D eigenvalue weighted by atomic mass is 9.86. The quantitative estimate of drug-likeness (QED) is 0.801. The first-order valence-electron chi connectivity index (χ1n) is 6.21. The Labute approximate surface area is 118 Å². The van der Waals surface area contributed by atoms with Gasteiger partial charge in [-0.05, 0) is 24.0 Å². The van der Waals surface area contributed by atoms with Crippen LogP contribution in [0.15, 0.2) is 18.2 Å². The zero-order chi connectivity index (χ0) is 13.3. The Morgan fingerprint density at radius 3 is 2.67 bits per heavy atom. The molecule has 0 spiro atoms. The monoisotopic (exact) mass is 287 g/mol. The number of hydrazine groups is 1. The fourth-order valence-corrected chi connectivity index (χ4v) is 2.93. The first kappa shape index (κ1) is 14.1. The summed E-state index contributed by atoms with van der Waals surface area (Å²) in [7, 11) is 0. The van der Waals surface area contributed by atoms with Gasteiger partial charge in [0.25, 0.3) is 0 Å². The van der Waals surface area contributed by atoms with Crippen molar-refractivity contribution >= 4 is 23.2 Å². The van der Waals surface area contributed by atoms with Gasteiger partial charge < -0.3 is 5.73 Å². The summed E-state index contributed by atoms with van der Waals surface area (Å²) in [5, 5.41) is 1.20. The van der Waals surface area contributed by atoms with E-state index in [1.54, 1.807) is 6.07 Å². The minimum Gasteiger partial charge on any atom is -0.315 e. The number of rotatable bonds is 3. The zero-order valence-corrected chi connectivity index (χ0v) is 12.1. The van der Waals surface area contributed by atoms with E-state index in [9.17, 15) is 0 Å². The van der Waals surface area contributed by atoms with Crippen LogP contribution in [0.3, 0.4) is 0 Å². The minimum atomic E-state index is -0.0625. The van der Waals surface area contributed by atoms with Crippen LogP contribution in [-0.2, 0) is 0 Å². The van der Waals surface area contributed by atoms with Crippen LogP contribution in [0, 0.1) is 11.8 Å². The third-order valence-electron chi connectivity index (χ3n) is 3.36. The number of benzene rings is 1. The lowest BCUT2D eigenvalue weighted by molar-refractivity contribution is 0.344. The molecule has 0 amide bonds.